The highest BCUT2D eigenvalue weighted by Crippen LogP contribution is 2.41. The van der Waals surface area contributed by atoms with Crippen molar-refractivity contribution in [2.75, 3.05) is 42.9 Å². The number of sulfonamides is 1. The molecular weight excluding hydrogens is 532 g/mol. The first-order valence-electron chi connectivity index (χ1n) is 11.1. The highest BCUT2D eigenvalue weighted by molar-refractivity contribution is 7.96. The van der Waals surface area contributed by atoms with Crippen LogP contribution in [0.2, 0.25) is 0 Å². The second kappa shape index (κ2) is 13.0. The number of nitrogens with zero attached hydrogens (tertiary/aromatic N) is 4. The lowest BCUT2D eigenvalue weighted by molar-refractivity contribution is 0.312. The zero-order chi connectivity index (χ0) is 27.7. The third-order valence-electron chi connectivity index (χ3n) is 4.94. The fourth-order valence-electron chi connectivity index (χ4n) is 3.21. The van der Waals surface area contributed by atoms with Gasteiger partial charge >= 0.3 is 0 Å². The average molecular weight is 561 g/mol. The fraction of sp³-hybridized carbons (Fsp3) is 0.250. The lowest BCUT2D eigenvalue weighted by Crippen LogP contribution is -2.17. The molecule has 0 saturated heterocycles. The Hall–Kier alpha value is -4.04. The number of hydrogen-bond acceptors (Lipinski definition) is 10. The number of nitrogens with one attached hydrogen (secondary N) is 2. The first-order chi connectivity index (χ1) is 18.2. The minimum Gasteiger partial charge on any atom is -0.497 e. The Morgan fingerprint density at radius 1 is 1.13 bits per heavy atom. The maximum Gasteiger partial charge on any atom is 0.280 e. The Balaban J connectivity index is 2.14. The van der Waals surface area contributed by atoms with E-state index in [1.807, 2.05) is 0 Å². The summed E-state index contributed by atoms with van der Waals surface area (Å²) in [6, 6.07) is 10.2. The number of methoxy groups -OCH3 is 2. The van der Waals surface area contributed by atoms with E-state index < -0.39 is 20.8 Å². The lowest BCUT2D eigenvalue weighted by Gasteiger charge is -2.19. The number of anilines is 3. The second-order valence-corrected chi connectivity index (χ2v) is 10.7. The quantitative estimate of drug-likeness (QED) is 0.236. The molecule has 2 aromatic carbocycles. The molecule has 0 bridgehead atoms. The third-order valence-corrected chi connectivity index (χ3v) is 7.04. The van der Waals surface area contributed by atoms with Gasteiger partial charge in [0.25, 0.3) is 10.0 Å². The van der Waals surface area contributed by atoms with Gasteiger partial charge in [0.15, 0.2) is 28.2 Å². The molecule has 1 unspecified atom stereocenters. The number of ether oxygens (including phenoxy) is 3. The van der Waals surface area contributed by atoms with Gasteiger partial charge in [0, 0.05) is 29.2 Å². The van der Waals surface area contributed by atoms with E-state index >= 15 is 0 Å². The van der Waals surface area contributed by atoms with E-state index in [0.717, 1.165) is 6.34 Å². The van der Waals surface area contributed by atoms with Crippen molar-refractivity contribution >= 4 is 62.2 Å². The second-order valence-electron chi connectivity index (χ2n) is 7.53. The van der Waals surface area contributed by atoms with Crippen LogP contribution in [0.5, 0.6) is 17.2 Å². The van der Waals surface area contributed by atoms with Crippen molar-refractivity contribution in [1.29, 1.82) is 0 Å². The van der Waals surface area contributed by atoms with Gasteiger partial charge < -0.3 is 19.5 Å². The summed E-state index contributed by atoms with van der Waals surface area (Å²) in [4.78, 5) is 16.4. The molecule has 2 N–H and O–H groups in total. The molecule has 0 aliphatic rings. The van der Waals surface area contributed by atoms with Gasteiger partial charge in [-0.3, -0.25) is 13.9 Å². The minimum absolute atomic E-state index is 0.0766. The molecule has 0 aliphatic heterocycles. The highest BCUT2D eigenvalue weighted by atomic mass is 32.2. The van der Waals surface area contributed by atoms with Crippen LogP contribution in [0.1, 0.15) is 6.92 Å². The molecule has 3 rings (SSSR count). The van der Waals surface area contributed by atoms with Crippen LogP contribution in [0.3, 0.4) is 0 Å². The number of fused-ring (bicyclic) bond motifs is 1. The lowest BCUT2D eigenvalue weighted by atomic mass is 10.2. The number of aliphatic imine (C=N–C) groups is 2. The molecule has 14 heteroatoms. The van der Waals surface area contributed by atoms with E-state index in [-0.39, 0.29) is 23.3 Å². The highest BCUT2D eigenvalue weighted by Gasteiger charge is 2.22. The number of allylic oxidation sites excluding steroid dienone is 1. The molecule has 0 radical (unpaired) electrons. The predicted molar refractivity (Wildman–Crippen MR) is 151 cm³/mol. The molecule has 0 fully saturated rings. The van der Waals surface area contributed by atoms with Gasteiger partial charge in [-0.1, -0.05) is 12.1 Å². The monoisotopic (exact) mass is 560 g/mol. The van der Waals surface area contributed by atoms with Gasteiger partial charge in [-0.25, -0.2) is 15.0 Å². The maximum atomic E-state index is 13.1. The molecule has 0 saturated carbocycles. The van der Waals surface area contributed by atoms with Crippen LogP contribution in [-0.2, 0) is 20.8 Å². The van der Waals surface area contributed by atoms with Gasteiger partial charge in [0.2, 0.25) is 0 Å². The normalized spacial score (nSPS) is 12.8. The molecule has 0 spiro atoms. The summed E-state index contributed by atoms with van der Waals surface area (Å²) in [7, 11) is -2.29. The van der Waals surface area contributed by atoms with Gasteiger partial charge in [-0.05, 0) is 31.9 Å². The van der Waals surface area contributed by atoms with Crippen molar-refractivity contribution < 1.29 is 26.8 Å². The van der Waals surface area contributed by atoms with Crippen LogP contribution in [0.15, 0.2) is 57.5 Å². The van der Waals surface area contributed by atoms with Crippen molar-refractivity contribution in [3.8, 4) is 17.2 Å². The van der Waals surface area contributed by atoms with E-state index in [1.165, 1.54) is 27.2 Å². The molecule has 38 heavy (non-hydrogen) atoms. The van der Waals surface area contributed by atoms with E-state index in [4.69, 9.17) is 14.2 Å². The Bertz CT molecular complexity index is 1510. The Morgan fingerprint density at radius 2 is 1.82 bits per heavy atom. The summed E-state index contributed by atoms with van der Waals surface area (Å²) in [5.41, 5.74) is 1.32. The van der Waals surface area contributed by atoms with Crippen molar-refractivity contribution in [2.45, 2.75) is 6.92 Å². The fourth-order valence-corrected chi connectivity index (χ4v) is 4.53. The number of benzene rings is 2. The van der Waals surface area contributed by atoms with E-state index in [2.05, 4.69) is 36.7 Å². The minimum atomic E-state index is -4.17. The molecule has 12 nitrogen and oxygen atoms in total. The topological polar surface area (TPSA) is 153 Å². The molecule has 1 aromatic heterocycles. The zero-order valence-corrected chi connectivity index (χ0v) is 22.9. The summed E-state index contributed by atoms with van der Waals surface area (Å²) < 4.78 is 57.0. The Morgan fingerprint density at radius 3 is 2.39 bits per heavy atom. The standard InChI is InChI=1S/C24H28N6O6S2/c1-6-21(26-15-25-2)38(32,33)30-24-23(27-17-9-7-8-10-18(17)28-24)29-19-13-16(34-3)14-20(35-4)22(19)36-11-12-37(5)31/h6-10,13-15H,2,11-12H2,1,3-5H3,(H,27,29)(H,28,30)/b21-6+,26-15?. The molecule has 0 amide bonds. The molecule has 202 valence electrons. The number of aromatic nitrogens is 2. The molecule has 3 aromatic rings. The van der Waals surface area contributed by atoms with Gasteiger partial charge in [-0.2, -0.15) is 8.42 Å². The maximum absolute atomic E-state index is 13.1. The van der Waals surface area contributed by atoms with Gasteiger partial charge in [0.1, 0.15) is 18.7 Å². The molecular formula is C24H28N6O6S2. The van der Waals surface area contributed by atoms with Crippen LogP contribution in [0.25, 0.3) is 11.0 Å². The van der Waals surface area contributed by atoms with Crippen LogP contribution < -0.4 is 24.2 Å². The van der Waals surface area contributed by atoms with Gasteiger partial charge in [0.05, 0.1) is 36.7 Å². The summed E-state index contributed by atoms with van der Waals surface area (Å²) in [5.74, 6) is 1.35. The van der Waals surface area contributed by atoms with Crippen molar-refractivity contribution in [3.05, 3.63) is 47.5 Å². The summed E-state index contributed by atoms with van der Waals surface area (Å²) in [6.07, 6.45) is 3.91. The van der Waals surface area contributed by atoms with Crippen LogP contribution >= 0.6 is 0 Å². The van der Waals surface area contributed by atoms with Crippen LogP contribution in [-0.4, -0.2) is 68.5 Å². The van der Waals surface area contributed by atoms with E-state index in [0.29, 0.717) is 39.7 Å². The number of rotatable bonds is 13. The Labute approximate surface area is 223 Å². The average Bonchev–Trinajstić information content (AvgIpc) is 2.89. The SMILES string of the molecule is C=NC=N/C(=C\C)S(=O)(=O)Nc1nc2ccccc2nc1Nc1cc(OC)cc(OC)c1OCCS(C)=O. The molecule has 1 heterocycles. The number of hydrogen-bond donors (Lipinski definition) is 2. The van der Waals surface area contributed by atoms with Crippen molar-refractivity contribution in [1.82, 2.24) is 9.97 Å². The van der Waals surface area contributed by atoms with Crippen LogP contribution in [0, 0.1) is 0 Å². The van der Waals surface area contributed by atoms with Crippen molar-refractivity contribution in [3.63, 3.8) is 0 Å². The third kappa shape index (κ3) is 7.04. The zero-order valence-electron chi connectivity index (χ0n) is 21.3. The van der Waals surface area contributed by atoms with E-state index in [1.54, 1.807) is 42.7 Å². The smallest absolute Gasteiger partial charge is 0.280 e. The molecule has 1 atom stereocenters. The largest absolute Gasteiger partial charge is 0.497 e. The summed E-state index contributed by atoms with van der Waals surface area (Å²) in [5, 5.41) is 2.81. The summed E-state index contributed by atoms with van der Waals surface area (Å²) >= 11 is 0. The first kappa shape index (κ1) is 28.5. The van der Waals surface area contributed by atoms with Gasteiger partial charge in [-0.15, -0.1) is 0 Å². The number of para-hydroxylation sites is 2. The van der Waals surface area contributed by atoms with Crippen LogP contribution in [0.4, 0.5) is 17.3 Å². The predicted octanol–water partition coefficient (Wildman–Crippen LogP) is 3.48. The Kier molecular flexibility index (Phi) is 9.73. The van der Waals surface area contributed by atoms with E-state index in [9.17, 15) is 12.6 Å². The summed E-state index contributed by atoms with van der Waals surface area (Å²) in [6.45, 7) is 4.94. The first-order valence-corrected chi connectivity index (χ1v) is 14.3. The molecule has 0 aliphatic carbocycles. The van der Waals surface area contributed by atoms with Crippen molar-refractivity contribution in [2.24, 2.45) is 9.98 Å².